The predicted octanol–water partition coefficient (Wildman–Crippen LogP) is 3.36. The second kappa shape index (κ2) is 6.48. The van der Waals surface area contributed by atoms with Crippen molar-refractivity contribution in [2.24, 2.45) is 7.05 Å². The van der Waals surface area contributed by atoms with Crippen molar-refractivity contribution in [3.8, 4) is 16.8 Å². The van der Waals surface area contributed by atoms with E-state index in [9.17, 15) is 9.18 Å². The summed E-state index contributed by atoms with van der Waals surface area (Å²) in [5, 5.41) is 0.786. The zero-order valence-corrected chi connectivity index (χ0v) is 16.3. The van der Waals surface area contributed by atoms with Gasteiger partial charge in [0.2, 0.25) is 5.95 Å². The summed E-state index contributed by atoms with van der Waals surface area (Å²) < 4.78 is 16.7. The maximum absolute atomic E-state index is 13.6. The molecule has 0 aliphatic carbocycles. The summed E-state index contributed by atoms with van der Waals surface area (Å²) in [6, 6.07) is 10.5. The van der Waals surface area contributed by atoms with Gasteiger partial charge in [-0.05, 0) is 42.8 Å². The summed E-state index contributed by atoms with van der Waals surface area (Å²) >= 11 is 0. The van der Waals surface area contributed by atoms with Gasteiger partial charge in [0.25, 0.3) is 0 Å². The highest BCUT2D eigenvalue weighted by molar-refractivity contribution is 6.04. The van der Waals surface area contributed by atoms with E-state index in [1.165, 1.54) is 10.6 Å². The Morgan fingerprint density at radius 2 is 1.87 bits per heavy atom. The van der Waals surface area contributed by atoms with Crippen molar-refractivity contribution in [2.75, 3.05) is 5.73 Å². The fourth-order valence-electron chi connectivity index (χ4n) is 3.78. The van der Waals surface area contributed by atoms with E-state index < -0.39 is 5.95 Å². The number of hydrogen-bond donors (Lipinski definition) is 1. The highest BCUT2D eigenvalue weighted by Gasteiger charge is 2.18. The van der Waals surface area contributed by atoms with Gasteiger partial charge >= 0.3 is 5.69 Å². The number of fused-ring (bicyclic) bond motifs is 3. The molecule has 4 heterocycles. The maximum atomic E-state index is 13.6. The van der Waals surface area contributed by atoms with E-state index in [4.69, 9.17) is 5.73 Å². The number of rotatable bonds is 2. The molecule has 0 amide bonds. The van der Waals surface area contributed by atoms with Crippen molar-refractivity contribution in [3.05, 3.63) is 77.1 Å². The van der Waals surface area contributed by atoms with Crippen LogP contribution in [0.4, 0.5) is 10.1 Å². The van der Waals surface area contributed by atoms with Crippen molar-refractivity contribution >= 4 is 27.6 Å². The van der Waals surface area contributed by atoms with Crippen LogP contribution in [0.1, 0.15) is 5.69 Å². The molecule has 0 aliphatic heterocycles. The van der Waals surface area contributed by atoms with Crippen molar-refractivity contribution < 1.29 is 4.39 Å². The minimum Gasteiger partial charge on any atom is -0.397 e. The van der Waals surface area contributed by atoms with Crippen LogP contribution in [0, 0.1) is 12.9 Å². The molecule has 2 N–H and O–H groups in total. The van der Waals surface area contributed by atoms with Gasteiger partial charge in [-0.25, -0.2) is 9.78 Å². The van der Waals surface area contributed by atoms with E-state index in [1.54, 1.807) is 43.2 Å². The number of hydrogen-bond acceptors (Lipinski definition) is 5. The van der Waals surface area contributed by atoms with Gasteiger partial charge in [-0.15, -0.1) is 0 Å². The Balaban J connectivity index is 1.90. The average Bonchev–Trinajstić information content (AvgIpc) is 2.99. The Morgan fingerprint density at radius 1 is 1.03 bits per heavy atom. The first-order valence-electron chi connectivity index (χ1n) is 9.28. The fraction of sp³-hybridized carbons (Fsp3) is 0.0909. The first-order chi connectivity index (χ1) is 14.4. The van der Waals surface area contributed by atoms with Crippen molar-refractivity contribution in [3.63, 3.8) is 0 Å². The van der Waals surface area contributed by atoms with Gasteiger partial charge in [-0.2, -0.15) is 4.39 Å². The van der Waals surface area contributed by atoms with Crippen LogP contribution >= 0.6 is 0 Å². The summed E-state index contributed by atoms with van der Waals surface area (Å²) in [5.41, 5.74) is 11.0. The van der Waals surface area contributed by atoms with Gasteiger partial charge < -0.3 is 5.73 Å². The van der Waals surface area contributed by atoms with Crippen LogP contribution in [-0.4, -0.2) is 24.1 Å². The van der Waals surface area contributed by atoms with Crippen LogP contribution in [0.15, 0.2) is 59.8 Å². The lowest BCUT2D eigenvalue weighted by Gasteiger charge is -2.10. The molecule has 0 unspecified atom stereocenters. The number of aromatic nitrogens is 5. The molecule has 0 spiro atoms. The van der Waals surface area contributed by atoms with Crippen molar-refractivity contribution in [1.82, 2.24) is 24.1 Å². The summed E-state index contributed by atoms with van der Waals surface area (Å²) in [5.74, 6) is -0.590. The van der Waals surface area contributed by atoms with Crippen LogP contribution in [0.3, 0.4) is 0 Å². The second-order valence-corrected chi connectivity index (χ2v) is 7.15. The molecular formula is C22H17FN6O. The number of halogens is 1. The van der Waals surface area contributed by atoms with E-state index in [0.29, 0.717) is 28.1 Å². The van der Waals surface area contributed by atoms with Crippen LogP contribution in [0.5, 0.6) is 0 Å². The Labute approximate surface area is 170 Å². The van der Waals surface area contributed by atoms with E-state index in [1.807, 2.05) is 24.3 Å². The summed E-state index contributed by atoms with van der Waals surface area (Å²) in [6.45, 7) is 1.68. The molecule has 4 aromatic heterocycles. The lowest BCUT2D eigenvalue weighted by atomic mass is 10.0. The number of aryl methyl sites for hydroxylation is 2. The van der Waals surface area contributed by atoms with Crippen LogP contribution < -0.4 is 11.4 Å². The summed E-state index contributed by atoms with van der Waals surface area (Å²) in [4.78, 5) is 25.7. The quantitative estimate of drug-likeness (QED) is 0.459. The highest BCUT2D eigenvalue weighted by Crippen LogP contribution is 2.30. The summed E-state index contributed by atoms with van der Waals surface area (Å²) in [7, 11) is 1.69. The van der Waals surface area contributed by atoms with Crippen molar-refractivity contribution in [2.45, 2.75) is 6.92 Å². The maximum Gasteiger partial charge on any atom is 0.333 e. The number of nitrogens with zero attached hydrogens (tertiary/aromatic N) is 5. The lowest BCUT2D eigenvalue weighted by molar-refractivity contribution is 0.579. The number of anilines is 1. The third-order valence-corrected chi connectivity index (χ3v) is 5.24. The van der Waals surface area contributed by atoms with E-state index in [0.717, 1.165) is 22.0 Å². The molecule has 0 atom stereocenters. The molecule has 0 radical (unpaired) electrons. The van der Waals surface area contributed by atoms with Gasteiger partial charge in [-0.1, -0.05) is 6.07 Å². The number of nitrogen functional groups attached to an aromatic ring is 1. The Bertz CT molecular complexity index is 1520. The normalized spacial score (nSPS) is 11.4. The standard InChI is InChI=1S/C22H17FN6O/c1-12-18(5-6-20(23)27-12)29-21-16-8-13(14-7-15(24)10-25-9-14)3-4-17(16)26-11-19(21)28(2)22(29)30/h3-11H,24H2,1-2H3. The number of imidazole rings is 1. The van der Waals surface area contributed by atoms with Crippen molar-refractivity contribution in [1.29, 1.82) is 0 Å². The molecule has 8 heteroatoms. The second-order valence-electron chi connectivity index (χ2n) is 7.15. The van der Waals surface area contributed by atoms with Gasteiger partial charge in [0.05, 0.1) is 39.8 Å². The molecule has 7 nitrogen and oxygen atoms in total. The Morgan fingerprint density at radius 3 is 2.63 bits per heavy atom. The first kappa shape index (κ1) is 18.0. The molecule has 5 rings (SSSR count). The smallest absolute Gasteiger partial charge is 0.333 e. The predicted molar refractivity (Wildman–Crippen MR) is 114 cm³/mol. The minimum absolute atomic E-state index is 0.258. The largest absolute Gasteiger partial charge is 0.397 e. The lowest BCUT2D eigenvalue weighted by Crippen LogP contribution is -2.21. The Hall–Kier alpha value is -4.07. The molecule has 0 saturated carbocycles. The van der Waals surface area contributed by atoms with Gasteiger partial charge in [0.15, 0.2) is 0 Å². The first-order valence-corrected chi connectivity index (χ1v) is 9.28. The topological polar surface area (TPSA) is 91.6 Å². The minimum atomic E-state index is -0.590. The van der Waals surface area contributed by atoms with E-state index in [-0.39, 0.29) is 5.69 Å². The number of benzene rings is 1. The highest BCUT2D eigenvalue weighted by atomic mass is 19.1. The monoisotopic (exact) mass is 400 g/mol. The molecule has 0 bridgehead atoms. The SMILES string of the molecule is Cc1nc(F)ccc1-n1c(=O)n(C)c2cnc3ccc(-c4cncc(N)c4)cc3c21. The molecule has 0 aliphatic rings. The third kappa shape index (κ3) is 2.65. The van der Waals surface area contributed by atoms with Crippen LogP contribution in [0.25, 0.3) is 38.8 Å². The number of pyridine rings is 3. The summed E-state index contributed by atoms with van der Waals surface area (Å²) in [6.07, 6.45) is 4.99. The fourth-order valence-corrected chi connectivity index (χ4v) is 3.78. The van der Waals surface area contributed by atoms with Gasteiger partial charge in [0, 0.05) is 30.4 Å². The number of nitrogens with two attached hydrogens (primary N) is 1. The zero-order chi connectivity index (χ0) is 21.0. The molecule has 5 aromatic rings. The van der Waals surface area contributed by atoms with E-state index in [2.05, 4.69) is 15.0 Å². The molecular weight excluding hydrogens is 383 g/mol. The van der Waals surface area contributed by atoms with Crippen LogP contribution in [-0.2, 0) is 7.05 Å². The third-order valence-electron chi connectivity index (χ3n) is 5.24. The molecule has 0 fully saturated rings. The van der Waals surface area contributed by atoms with Gasteiger partial charge in [-0.3, -0.25) is 19.1 Å². The van der Waals surface area contributed by atoms with E-state index >= 15 is 0 Å². The molecule has 148 valence electrons. The zero-order valence-electron chi connectivity index (χ0n) is 16.3. The molecule has 30 heavy (non-hydrogen) atoms. The molecule has 1 aromatic carbocycles. The molecule has 0 saturated heterocycles. The average molecular weight is 400 g/mol. The van der Waals surface area contributed by atoms with Crippen LogP contribution in [0.2, 0.25) is 0 Å². The van der Waals surface area contributed by atoms with Gasteiger partial charge in [0.1, 0.15) is 0 Å². The Kier molecular flexibility index (Phi) is 3.89.